The van der Waals surface area contributed by atoms with Crippen LogP contribution in [0.15, 0.2) is 0 Å². The summed E-state index contributed by atoms with van der Waals surface area (Å²) < 4.78 is 0. The molecule has 4 nitrogen and oxygen atoms in total. The van der Waals surface area contributed by atoms with Crippen molar-refractivity contribution in [3.05, 3.63) is 0 Å². The number of piperidine rings is 1. The average molecular weight is 159 g/mol. The Morgan fingerprint density at radius 1 is 1.64 bits per heavy atom. The van der Waals surface area contributed by atoms with E-state index in [-0.39, 0.29) is 12.0 Å². The normalized spacial score (nSPS) is 32.0. The number of aliphatic hydroxyl groups excluding tert-OH is 1. The van der Waals surface area contributed by atoms with Crippen molar-refractivity contribution in [2.24, 2.45) is 5.92 Å². The van der Waals surface area contributed by atoms with E-state index in [0.29, 0.717) is 19.5 Å². The summed E-state index contributed by atoms with van der Waals surface area (Å²) in [6.45, 7) is 2.77. The Bertz CT molecular complexity index is 160. The van der Waals surface area contributed by atoms with Crippen LogP contribution >= 0.6 is 0 Å². The van der Waals surface area contributed by atoms with Crippen molar-refractivity contribution in [1.29, 1.82) is 0 Å². The molecule has 0 saturated carbocycles. The highest BCUT2D eigenvalue weighted by atomic mass is 16.4. The van der Waals surface area contributed by atoms with Gasteiger partial charge in [-0.2, -0.15) is 0 Å². The molecule has 0 bridgehead atoms. The summed E-state index contributed by atoms with van der Waals surface area (Å²) in [5.41, 5.74) is 0. The van der Waals surface area contributed by atoms with Crippen LogP contribution < -0.4 is 0 Å². The molecule has 0 aromatic heterocycles. The summed E-state index contributed by atoms with van der Waals surface area (Å²) in [5, 5.41) is 17.8. The van der Waals surface area contributed by atoms with Crippen molar-refractivity contribution in [2.75, 3.05) is 13.1 Å². The van der Waals surface area contributed by atoms with Crippen LogP contribution in [0.2, 0.25) is 0 Å². The van der Waals surface area contributed by atoms with Crippen LogP contribution in [-0.2, 0) is 0 Å². The summed E-state index contributed by atoms with van der Waals surface area (Å²) in [6, 6.07) is 0. The maximum Gasteiger partial charge on any atom is 0.407 e. The third-order valence-electron chi connectivity index (χ3n) is 2.13. The molecule has 64 valence electrons. The number of aliphatic hydroxyl groups is 1. The Morgan fingerprint density at radius 3 is 2.73 bits per heavy atom. The SMILES string of the molecule is C[C@H]1CN(C(=O)O)CC[C@@H]1O. The van der Waals surface area contributed by atoms with Crippen molar-refractivity contribution < 1.29 is 15.0 Å². The Labute approximate surface area is 65.4 Å². The molecule has 1 amide bonds. The molecule has 0 radical (unpaired) electrons. The first kappa shape index (κ1) is 8.33. The van der Waals surface area contributed by atoms with Crippen molar-refractivity contribution in [1.82, 2.24) is 4.90 Å². The Balaban J connectivity index is 2.46. The third kappa shape index (κ3) is 1.83. The topological polar surface area (TPSA) is 60.8 Å². The van der Waals surface area contributed by atoms with Gasteiger partial charge in [-0.15, -0.1) is 0 Å². The molecule has 1 heterocycles. The van der Waals surface area contributed by atoms with Crippen LogP contribution in [0, 0.1) is 5.92 Å². The van der Waals surface area contributed by atoms with E-state index in [1.165, 1.54) is 4.90 Å². The number of amides is 1. The number of hydrogen-bond donors (Lipinski definition) is 2. The zero-order valence-corrected chi connectivity index (χ0v) is 6.53. The van der Waals surface area contributed by atoms with Gasteiger partial charge in [0.1, 0.15) is 0 Å². The van der Waals surface area contributed by atoms with Gasteiger partial charge >= 0.3 is 6.09 Å². The van der Waals surface area contributed by atoms with Crippen molar-refractivity contribution in [3.63, 3.8) is 0 Å². The van der Waals surface area contributed by atoms with Gasteiger partial charge in [0.15, 0.2) is 0 Å². The van der Waals surface area contributed by atoms with Gasteiger partial charge in [0, 0.05) is 13.1 Å². The monoisotopic (exact) mass is 159 g/mol. The second kappa shape index (κ2) is 3.09. The minimum atomic E-state index is -0.885. The minimum absolute atomic E-state index is 0.0693. The first-order valence-electron chi connectivity index (χ1n) is 3.77. The molecule has 1 aliphatic rings. The standard InChI is InChI=1S/C7H13NO3/c1-5-4-8(7(10)11)3-2-6(5)9/h5-6,9H,2-4H2,1H3,(H,10,11)/t5-,6-/m0/s1. The highest BCUT2D eigenvalue weighted by Crippen LogP contribution is 2.15. The summed E-state index contributed by atoms with van der Waals surface area (Å²) in [6.07, 6.45) is -0.651. The van der Waals surface area contributed by atoms with E-state index in [9.17, 15) is 9.90 Å². The van der Waals surface area contributed by atoms with Gasteiger partial charge in [0.25, 0.3) is 0 Å². The first-order chi connectivity index (χ1) is 5.11. The molecular weight excluding hydrogens is 146 g/mol. The van der Waals surface area contributed by atoms with Crippen molar-refractivity contribution >= 4 is 6.09 Å². The second-order valence-electron chi connectivity index (χ2n) is 3.06. The van der Waals surface area contributed by atoms with Gasteiger partial charge in [-0.05, 0) is 12.3 Å². The number of likely N-dealkylation sites (tertiary alicyclic amines) is 1. The van der Waals surface area contributed by atoms with Crippen molar-refractivity contribution in [3.8, 4) is 0 Å². The fourth-order valence-corrected chi connectivity index (χ4v) is 1.31. The number of carbonyl (C=O) groups is 1. The molecule has 2 N–H and O–H groups in total. The molecule has 0 aromatic rings. The zero-order chi connectivity index (χ0) is 8.43. The Morgan fingerprint density at radius 2 is 2.27 bits per heavy atom. The van der Waals surface area contributed by atoms with Crippen LogP contribution in [0.4, 0.5) is 4.79 Å². The van der Waals surface area contributed by atoms with E-state index in [2.05, 4.69) is 0 Å². The number of nitrogens with zero attached hydrogens (tertiary/aromatic N) is 1. The van der Waals surface area contributed by atoms with E-state index in [1.807, 2.05) is 6.92 Å². The van der Waals surface area contributed by atoms with E-state index < -0.39 is 6.09 Å². The molecule has 11 heavy (non-hydrogen) atoms. The predicted molar refractivity (Wildman–Crippen MR) is 39.4 cm³/mol. The Hall–Kier alpha value is -0.770. The highest BCUT2D eigenvalue weighted by molar-refractivity contribution is 5.65. The quantitative estimate of drug-likeness (QED) is 0.536. The van der Waals surface area contributed by atoms with Gasteiger partial charge in [-0.25, -0.2) is 4.79 Å². The smallest absolute Gasteiger partial charge is 0.407 e. The lowest BCUT2D eigenvalue weighted by Gasteiger charge is -2.32. The molecule has 0 aliphatic carbocycles. The molecule has 0 unspecified atom stereocenters. The second-order valence-corrected chi connectivity index (χ2v) is 3.06. The predicted octanol–water partition coefficient (Wildman–Crippen LogP) is 0.367. The number of carboxylic acid groups (broad SMARTS) is 1. The van der Waals surface area contributed by atoms with Crippen LogP contribution in [0.5, 0.6) is 0 Å². The average Bonchev–Trinajstić information content (AvgIpc) is 1.94. The van der Waals surface area contributed by atoms with Gasteiger partial charge in [0.2, 0.25) is 0 Å². The number of rotatable bonds is 0. The molecule has 1 saturated heterocycles. The zero-order valence-electron chi connectivity index (χ0n) is 6.53. The largest absolute Gasteiger partial charge is 0.465 e. The lowest BCUT2D eigenvalue weighted by molar-refractivity contribution is 0.0370. The molecule has 0 spiro atoms. The van der Waals surface area contributed by atoms with Crippen LogP contribution in [0.1, 0.15) is 13.3 Å². The highest BCUT2D eigenvalue weighted by Gasteiger charge is 2.26. The summed E-state index contributed by atoms with van der Waals surface area (Å²) in [7, 11) is 0. The summed E-state index contributed by atoms with van der Waals surface area (Å²) in [4.78, 5) is 11.8. The van der Waals surface area contributed by atoms with E-state index in [1.54, 1.807) is 0 Å². The lowest BCUT2D eigenvalue weighted by Crippen LogP contribution is -2.44. The van der Waals surface area contributed by atoms with Gasteiger partial charge in [0.05, 0.1) is 6.10 Å². The molecule has 4 heteroatoms. The van der Waals surface area contributed by atoms with E-state index >= 15 is 0 Å². The molecule has 1 rings (SSSR count). The lowest BCUT2D eigenvalue weighted by atomic mass is 9.97. The summed E-state index contributed by atoms with van der Waals surface area (Å²) >= 11 is 0. The maximum atomic E-state index is 10.5. The van der Waals surface area contributed by atoms with Gasteiger partial charge in [-0.3, -0.25) is 0 Å². The van der Waals surface area contributed by atoms with Crippen LogP contribution in [0.25, 0.3) is 0 Å². The molecule has 2 atom stereocenters. The molecular formula is C7H13NO3. The third-order valence-corrected chi connectivity index (χ3v) is 2.13. The maximum absolute atomic E-state index is 10.5. The van der Waals surface area contributed by atoms with E-state index in [0.717, 1.165) is 0 Å². The fraction of sp³-hybridized carbons (Fsp3) is 0.857. The molecule has 0 aromatic carbocycles. The Kier molecular flexibility index (Phi) is 2.34. The minimum Gasteiger partial charge on any atom is -0.465 e. The van der Waals surface area contributed by atoms with Gasteiger partial charge < -0.3 is 15.1 Å². The van der Waals surface area contributed by atoms with Crippen LogP contribution in [-0.4, -0.2) is 40.4 Å². The molecule has 1 aliphatic heterocycles. The van der Waals surface area contributed by atoms with Crippen molar-refractivity contribution in [2.45, 2.75) is 19.4 Å². The van der Waals surface area contributed by atoms with E-state index in [4.69, 9.17) is 5.11 Å². The fourth-order valence-electron chi connectivity index (χ4n) is 1.31. The number of hydrogen-bond acceptors (Lipinski definition) is 2. The van der Waals surface area contributed by atoms with Gasteiger partial charge in [-0.1, -0.05) is 6.92 Å². The first-order valence-corrected chi connectivity index (χ1v) is 3.77. The van der Waals surface area contributed by atoms with Crippen LogP contribution in [0.3, 0.4) is 0 Å². The molecule has 1 fully saturated rings. The summed E-state index contributed by atoms with van der Waals surface area (Å²) in [5.74, 6) is 0.0693.